The molecular formula is C15H23FN2O2. The summed E-state index contributed by atoms with van der Waals surface area (Å²) in [5, 5.41) is 3.26. The molecule has 2 heterocycles. The van der Waals surface area contributed by atoms with Crippen molar-refractivity contribution < 1.29 is 13.9 Å². The minimum absolute atomic E-state index is 0.219. The zero-order chi connectivity index (χ0) is 14.4. The first-order valence-corrected chi connectivity index (χ1v) is 7.26. The second kappa shape index (κ2) is 7.55. The number of allylic oxidation sites excluding steroid dienone is 1. The summed E-state index contributed by atoms with van der Waals surface area (Å²) in [6.07, 6.45) is 3.29. The number of carbonyl (C=O) groups excluding carboxylic acids is 1. The van der Waals surface area contributed by atoms with Crippen LogP contribution in [0.1, 0.15) is 19.8 Å². The van der Waals surface area contributed by atoms with Crippen LogP contribution in [0.3, 0.4) is 0 Å². The molecule has 20 heavy (non-hydrogen) atoms. The molecule has 1 atom stereocenters. The van der Waals surface area contributed by atoms with E-state index in [0.717, 1.165) is 31.8 Å². The van der Waals surface area contributed by atoms with Crippen molar-refractivity contribution in [1.29, 1.82) is 0 Å². The van der Waals surface area contributed by atoms with Gasteiger partial charge in [-0.25, -0.2) is 4.39 Å². The van der Waals surface area contributed by atoms with Crippen molar-refractivity contribution in [2.45, 2.75) is 25.9 Å². The highest BCUT2D eigenvalue weighted by atomic mass is 19.1. The van der Waals surface area contributed by atoms with E-state index in [1.54, 1.807) is 12.2 Å². The van der Waals surface area contributed by atoms with E-state index in [2.05, 4.69) is 10.2 Å². The van der Waals surface area contributed by atoms with Crippen molar-refractivity contribution in [2.75, 3.05) is 39.3 Å². The molecule has 1 N–H and O–H groups in total. The van der Waals surface area contributed by atoms with Gasteiger partial charge >= 0.3 is 5.97 Å². The summed E-state index contributed by atoms with van der Waals surface area (Å²) in [5.74, 6) is -0.243. The number of halogens is 1. The Morgan fingerprint density at radius 1 is 1.45 bits per heavy atom. The molecule has 0 aliphatic carbocycles. The standard InChI is InChI=1S/C15H23FN2O2/c1-12-5-10-20-15(19)4-2-3-13(12)14(16)11-18-8-6-17-7-9-18/h2-3,14,17H,4-11H2,1H3. The van der Waals surface area contributed by atoms with Crippen LogP contribution in [0, 0.1) is 0 Å². The maximum atomic E-state index is 14.6. The van der Waals surface area contributed by atoms with Crippen molar-refractivity contribution in [3.05, 3.63) is 23.3 Å². The molecule has 5 heteroatoms. The van der Waals surface area contributed by atoms with Crippen molar-refractivity contribution in [2.24, 2.45) is 0 Å². The number of nitrogens with one attached hydrogen (secondary N) is 1. The molecule has 1 saturated heterocycles. The lowest BCUT2D eigenvalue weighted by molar-refractivity contribution is -0.142. The van der Waals surface area contributed by atoms with Gasteiger partial charge in [0.05, 0.1) is 13.0 Å². The number of hydrogen-bond donors (Lipinski definition) is 1. The Kier molecular flexibility index (Phi) is 5.73. The average molecular weight is 282 g/mol. The van der Waals surface area contributed by atoms with E-state index in [-0.39, 0.29) is 12.4 Å². The molecule has 1 fully saturated rings. The number of hydrogen-bond acceptors (Lipinski definition) is 4. The van der Waals surface area contributed by atoms with E-state index in [1.165, 1.54) is 0 Å². The number of piperazine rings is 1. The maximum absolute atomic E-state index is 14.6. The summed E-state index contributed by atoms with van der Waals surface area (Å²) in [4.78, 5) is 13.4. The second-order valence-corrected chi connectivity index (χ2v) is 5.33. The van der Waals surface area contributed by atoms with Crippen molar-refractivity contribution in [3.8, 4) is 0 Å². The molecule has 0 spiro atoms. The lowest BCUT2D eigenvalue weighted by Gasteiger charge is -2.29. The maximum Gasteiger partial charge on any atom is 0.309 e. The molecule has 2 aliphatic heterocycles. The van der Waals surface area contributed by atoms with Gasteiger partial charge in [-0.3, -0.25) is 9.69 Å². The predicted octanol–water partition coefficient (Wildman–Crippen LogP) is 1.44. The molecule has 1 unspecified atom stereocenters. The summed E-state index contributed by atoms with van der Waals surface area (Å²) in [7, 11) is 0. The molecule has 0 aromatic heterocycles. The van der Waals surface area contributed by atoms with Gasteiger partial charge in [0.1, 0.15) is 6.17 Å². The van der Waals surface area contributed by atoms with Gasteiger partial charge in [0.15, 0.2) is 0 Å². The lowest BCUT2D eigenvalue weighted by atomic mass is 10.0. The number of carbonyl (C=O) groups is 1. The predicted molar refractivity (Wildman–Crippen MR) is 76.2 cm³/mol. The van der Waals surface area contributed by atoms with Gasteiger partial charge < -0.3 is 10.1 Å². The van der Waals surface area contributed by atoms with Gasteiger partial charge in [0, 0.05) is 39.1 Å². The number of ether oxygens (including phenoxy) is 1. The Bertz CT molecular complexity index is 401. The molecule has 0 bridgehead atoms. The molecule has 0 aromatic carbocycles. The molecule has 0 amide bonds. The minimum atomic E-state index is -1.00. The third kappa shape index (κ3) is 4.42. The fourth-order valence-corrected chi connectivity index (χ4v) is 2.54. The summed E-state index contributed by atoms with van der Waals surface area (Å²) < 4.78 is 19.6. The Labute approximate surface area is 119 Å². The summed E-state index contributed by atoms with van der Waals surface area (Å²) in [6.45, 7) is 6.30. The van der Waals surface area contributed by atoms with Crippen molar-refractivity contribution in [1.82, 2.24) is 10.2 Å². The number of nitrogens with zero attached hydrogens (tertiary/aromatic N) is 1. The first kappa shape index (κ1) is 15.2. The Morgan fingerprint density at radius 3 is 2.95 bits per heavy atom. The SMILES string of the molecule is CC1=C(C(F)CN2CCNCC2)C=CCC(=O)OCC1. The molecule has 0 radical (unpaired) electrons. The zero-order valence-electron chi connectivity index (χ0n) is 12.0. The van der Waals surface area contributed by atoms with E-state index in [9.17, 15) is 9.18 Å². The van der Waals surface area contributed by atoms with Crippen LogP contribution in [0.5, 0.6) is 0 Å². The summed E-state index contributed by atoms with van der Waals surface area (Å²) in [5.41, 5.74) is 1.68. The second-order valence-electron chi connectivity index (χ2n) is 5.33. The highest BCUT2D eigenvalue weighted by molar-refractivity contribution is 5.71. The van der Waals surface area contributed by atoms with Crippen LogP contribution in [-0.4, -0.2) is 56.4 Å². The van der Waals surface area contributed by atoms with Gasteiger partial charge in [-0.1, -0.05) is 17.7 Å². The van der Waals surface area contributed by atoms with Crippen molar-refractivity contribution in [3.63, 3.8) is 0 Å². The average Bonchev–Trinajstić information content (AvgIpc) is 2.51. The van der Waals surface area contributed by atoms with Gasteiger partial charge in [-0.2, -0.15) is 0 Å². The van der Waals surface area contributed by atoms with E-state index in [1.807, 2.05) is 6.92 Å². The van der Waals surface area contributed by atoms with Gasteiger partial charge in [0.25, 0.3) is 0 Å². The normalized spacial score (nSPS) is 23.8. The number of alkyl halides is 1. The molecule has 112 valence electrons. The van der Waals surface area contributed by atoms with Crippen LogP contribution >= 0.6 is 0 Å². The van der Waals surface area contributed by atoms with Crippen LogP contribution in [0.15, 0.2) is 23.3 Å². The topological polar surface area (TPSA) is 41.6 Å². The smallest absolute Gasteiger partial charge is 0.309 e. The zero-order valence-corrected chi connectivity index (χ0v) is 12.0. The molecule has 0 saturated carbocycles. The highest BCUT2D eigenvalue weighted by Crippen LogP contribution is 2.20. The van der Waals surface area contributed by atoms with Crippen LogP contribution < -0.4 is 5.32 Å². The Morgan fingerprint density at radius 2 is 2.20 bits per heavy atom. The highest BCUT2D eigenvalue weighted by Gasteiger charge is 2.20. The number of rotatable bonds is 3. The Balaban J connectivity index is 2.01. The molecule has 2 aliphatic rings. The van der Waals surface area contributed by atoms with E-state index < -0.39 is 6.17 Å². The largest absolute Gasteiger partial charge is 0.465 e. The summed E-state index contributed by atoms with van der Waals surface area (Å²) in [6, 6.07) is 0. The molecule has 4 nitrogen and oxygen atoms in total. The van der Waals surface area contributed by atoms with E-state index in [0.29, 0.717) is 25.1 Å². The molecule has 0 aromatic rings. The van der Waals surface area contributed by atoms with E-state index >= 15 is 0 Å². The fraction of sp³-hybridized carbons (Fsp3) is 0.667. The van der Waals surface area contributed by atoms with Crippen LogP contribution in [0.4, 0.5) is 4.39 Å². The van der Waals surface area contributed by atoms with E-state index in [4.69, 9.17) is 4.74 Å². The number of cyclic esters (lactones) is 1. The van der Waals surface area contributed by atoms with Gasteiger partial charge in [-0.15, -0.1) is 0 Å². The van der Waals surface area contributed by atoms with Crippen LogP contribution in [-0.2, 0) is 9.53 Å². The van der Waals surface area contributed by atoms with Crippen LogP contribution in [0.25, 0.3) is 0 Å². The molecular weight excluding hydrogens is 259 g/mol. The monoisotopic (exact) mass is 282 g/mol. The number of esters is 1. The third-order valence-corrected chi connectivity index (χ3v) is 3.78. The van der Waals surface area contributed by atoms with Crippen LogP contribution in [0.2, 0.25) is 0 Å². The first-order chi connectivity index (χ1) is 9.66. The third-order valence-electron chi connectivity index (χ3n) is 3.78. The Hall–Kier alpha value is -1.20. The quantitative estimate of drug-likeness (QED) is 0.795. The van der Waals surface area contributed by atoms with Crippen molar-refractivity contribution >= 4 is 5.97 Å². The fourth-order valence-electron chi connectivity index (χ4n) is 2.54. The summed E-state index contributed by atoms with van der Waals surface area (Å²) >= 11 is 0. The van der Waals surface area contributed by atoms with Gasteiger partial charge in [-0.05, 0) is 12.5 Å². The lowest BCUT2D eigenvalue weighted by Crippen LogP contribution is -2.45. The van der Waals surface area contributed by atoms with Gasteiger partial charge in [0.2, 0.25) is 0 Å². The molecule has 2 rings (SSSR count). The minimum Gasteiger partial charge on any atom is -0.465 e. The first-order valence-electron chi connectivity index (χ1n) is 7.26.